The van der Waals surface area contributed by atoms with Crippen molar-refractivity contribution in [2.75, 3.05) is 5.32 Å². The molecule has 0 saturated heterocycles. The Balaban J connectivity index is 1.91. The summed E-state index contributed by atoms with van der Waals surface area (Å²) in [5, 5.41) is 5.98. The Morgan fingerprint density at radius 1 is 1.22 bits per heavy atom. The Morgan fingerprint density at radius 3 is 2.85 bits per heavy atom. The van der Waals surface area contributed by atoms with E-state index in [-0.39, 0.29) is 16.8 Å². The molecule has 0 aliphatic carbocycles. The van der Waals surface area contributed by atoms with Crippen LogP contribution in [-0.4, -0.2) is 10.9 Å². The number of para-hydroxylation sites is 1. The maximum atomic E-state index is 14.0. The highest BCUT2D eigenvalue weighted by Crippen LogP contribution is 2.21. The number of halogens is 2. The number of nitrogens with zero attached hydrogens (tertiary/aromatic N) is 2. The van der Waals surface area contributed by atoms with E-state index in [1.165, 1.54) is 23.5 Å². The lowest BCUT2D eigenvalue weighted by molar-refractivity contribution is 0.102. The van der Waals surface area contributed by atoms with Gasteiger partial charge >= 0.3 is 0 Å². The zero-order valence-corrected chi connectivity index (χ0v) is 15.2. The third kappa shape index (κ3) is 3.74. The number of hydrogen-bond acceptors (Lipinski definition) is 5. The van der Waals surface area contributed by atoms with Gasteiger partial charge in [0.05, 0.1) is 0 Å². The molecule has 1 amide bonds. The summed E-state index contributed by atoms with van der Waals surface area (Å²) >= 11 is 7.31. The lowest BCUT2D eigenvalue weighted by atomic mass is 10.1. The maximum absolute atomic E-state index is 14.0. The summed E-state index contributed by atoms with van der Waals surface area (Å²) in [5.41, 5.74) is 0.672. The Labute approximate surface area is 161 Å². The first-order valence-electron chi connectivity index (χ1n) is 7.84. The third-order valence-corrected chi connectivity index (χ3v) is 4.60. The fourth-order valence-corrected chi connectivity index (χ4v) is 3.15. The van der Waals surface area contributed by atoms with Gasteiger partial charge in [-0.25, -0.2) is 14.4 Å². The van der Waals surface area contributed by atoms with E-state index in [4.69, 9.17) is 16.0 Å². The first kappa shape index (κ1) is 17.4. The van der Waals surface area contributed by atoms with Crippen LogP contribution >= 0.6 is 22.9 Å². The molecular weight excluding hydrogens is 389 g/mol. The molecule has 4 rings (SSSR count). The van der Waals surface area contributed by atoms with Crippen LogP contribution < -0.4 is 10.9 Å². The van der Waals surface area contributed by atoms with Crippen LogP contribution in [0.4, 0.5) is 15.2 Å². The average molecular weight is 400 g/mol. The minimum absolute atomic E-state index is 0.0102. The highest BCUT2D eigenvalue weighted by Gasteiger charge is 2.15. The summed E-state index contributed by atoms with van der Waals surface area (Å²) in [5.74, 6) is -0.985. The molecular formula is C19H11ClFN3O2S. The summed E-state index contributed by atoms with van der Waals surface area (Å²) < 4.78 is 19.8. The van der Waals surface area contributed by atoms with Crippen LogP contribution in [0.1, 0.15) is 10.4 Å². The number of aromatic nitrogens is 1. The largest absolute Gasteiger partial charge is 0.438 e. The molecule has 2 aromatic carbocycles. The molecule has 0 aliphatic heterocycles. The summed E-state index contributed by atoms with van der Waals surface area (Å²) in [6.45, 7) is 0. The Hall–Kier alpha value is -3.03. The normalized spacial score (nSPS) is 11.7. The molecule has 8 heteroatoms. The molecule has 0 spiro atoms. The van der Waals surface area contributed by atoms with Crippen molar-refractivity contribution >= 4 is 50.6 Å². The number of rotatable bonds is 3. The molecule has 4 aromatic rings. The zero-order chi connectivity index (χ0) is 18.8. The van der Waals surface area contributed by atoms with E-state index in [9.17, 15) is 9.18 Å². The molecule has 0 aliphatic rings. The topological polar surface area (TPSA) is 67.5 Å². The zero-order valence-electron chi connectivity index (χ0n) is 13.6. The van der Waals surface area contributed by atoms with E-state index in [0.29, 0.717) is 21.1 Å². The third-order valence-electron chi connectivity index (χ3n) is 3.68. The van der Waals surface area contributed by atoms with Gasteiger partial charge in [0.25, 0.3) is 5.91 Å². The van der Waals surface area contributed by atoms with Gasteiger partial charge < -0.3 is 4.42 Å². The number of hydrogen-bond donors (Lipinski definition) is 1. The summed E-state index contributed by atoms with van der Waals surface area (Å²) in [6.07, 6.45) is 1.58. The highest BCUT2D eigenvalue weighted by molar-refractivity contribution is 7.13. The van der Waals surface area contributed by atoms with E-state index in [2.05, 4.69) is 15.3 Å². The predicted molar refractivity (Wildman–Crippen MR) is 103 cm³/mol. The summed E-state index contributed by atoms with van der Waals surface area (Å²) in [7, 11) is 0. The monoisotopic (exact) mass is 399 g/mol. The van der Waals surface area contributed by atoms with Gasteiger partial charge in [-0.05, 0) is 36.4 Å². The van der Waals surface area contributed by atoms with Crippen LogP contribution in [0.2, 0.25) is 5.02 Å². The van der Waals surface area contributed by atoms with Crippen LogP contribution in [0.3, 0.4) is 0 Å². The number of benzene rings is 2. The van der Waals surface area contributed by atoms with Crippen LogP contribution in [0.5, 0.6) is 0 Å². The van der Waals surface area contributed by atoms with E-state index in [1.807, 2.05) is 0 Å². The first-order valence-corrected chi connectivity index (χ1v) is 9.09. The van der Waals surface area contributed by atoms with Gasteiger partial charge in [-0.1, -0.05) is 23.7 Å². The van der Waals surface area contributed by atoms with Crippen molar-refractivity contribution in [3.05, 3.63) is 82.1 Å². The number of fused-ring (bicyclic) bond motifs is 1. The number of anilines is 1. The molecule has 0 saturated carbocycles. The van der Waals surface area contributed by atoms with Gasteiger partial charge in [-0.2, -0.15) is 0 Å². The maximum Gasteiger partial charge on any atom is 0.262 e. The van der Waals surface area contributed by atoms with Crippen molar-refractivity contribution in [3.8, 4) is 0 Å². The van der Waals surface area contributed by atoms with Crippen molar-refractivity contribution in [1.82, 2.24) is 4.98 Å². The Morgan fingerprint density at radius 2 is 2.07 bits per heavy atom. The Kier molecular flexibility index (Phi) is 4.70. The fraction of sp³-hybridized carbons (Fsp3) is 0. The summed E-state index contributed by atoms with van der Waals surface area (Å²) in [6, 6.07) is 12.6. The van der Waals surface area contributed by atoms with Gasteiger partial charge in [0, 0.05) is 22.0 Å². The molecule has 134 valence electrons. The van der Waals surface area contributed by atoms with Crippen LogP contribution in [0.25, 0.3) is 11.0 Å². The SMILES string of the molecule is O=C(Nc1nccs1)c1cc2cc(Cl)ccc2oc1=Nc1ccccc1F. The van der Waals surface area contributed by atoms with E-state index < -0.39 is 11.7 Å². The summed E-state index contributed by atoms with van der Waals surface area (Å²) in [4.78, 5) is 21.0. The lowest BCUT2D eigenvalue weighted by Gasteiger charge is -2.05. The quantitative estimate of drug-likeness (QED) is 0.517. The standard InChI is InChI=1S/C19H11ClFN3O2S/c20-12-5-6-16-11(9-12)10-13(17(25)24-19-22-7-8-27-19)18(26-16)23-15-4-2-1-3-14(15)21/h1-10H,(H,22,24,25). The van der Waals surface area contributed by atoms with Crippen LogP contribution in [-0.2, 0) is 0 Å². The van der Waals surface area contributed by atoms with E-state index in [0.717, 1.165) is 0 Å². The molecule has 0 unspecified atom stereocenters. The second-order valence-electron chi connectivity index (χ2n) is 5.50. The van der Waals surface area contributed by atoms with E-state index >= 15 is 0 Å². The first-order chi connectivity index (χ1) is 13.1. The number of thiazole rings is 1. The van der Waals surface area contributed by atoms with Gasteiger partial charge in [-0.15, -0.1) is 11.3 Å². The Bertz CT molecular complexity index is 1210. The second kappa shape index (κ2) is 7.30. The van der Waals surface area contributed by atoms with Gasteiger partial charge in [-0.3, -0.25) is 10.1 Å². The fourth-order valence-electron chi connectivity index (χ4n) is 2.45. The molecule has 2 aromatic heterocycles. The van der Waals surface area contributed by atoms with Gasteiger partial charge in [0.2, 0.25) is 5.55 Å². The van der Waals surface area contributed by atoms with Crippen molar-refractivity contribution in [2.24, 2.45) is 4.99 Å². The number of amides is 1. The molecule has 0 radical (unpaired) electrons. The lowest BCUT2D eigenvalue weighted by Crippen LogP contribution is -2.21. The van der Waals surface area contributed by atoms with Gasteiger partial charge in [0.1, 0.15) is 22.7 Å². The molecule has 27 heavy (non-hydrogen) atoms. The van der Waals surface area contributed by atoms with Crippen molar-refractivity contribution in [2.45, 2.75) is 0 Å². The van der Waals surface area contributed by atoms with Crippen molar-refractivity contribution < 1.29 is 13.6 Å². The molecule has 0 atom stereocenters. The molecule has 5 nitrogen and oxygen atoms in total. The van der Waals surface area contributed by atoms with Gasteiger partial charge in [0.15, 0.2) is 5.13 Å². The van der Waals surface area contributed by atoms with Crippen molar-refractivity contribution in [1.29, 1.82) is 0 Å². The highest BCUT2D eigenvalue weighted by atomic mass is 35.5. The minimum atomic E-state index is -0.518. The van der Waals surface area contributed by atoms with E-state index in [1.54, 1.807) is 48.0 Å². The second-order valence-corrected chi connectivity index (χ2v) is 6.83. The molecule has 0 fully saturated rings. The number of carbonyl (C=O) groups is 1. The average Bonchev–Trinajstić information content (AvgIpc) is 3.16. The smallest absolute Gasteiger partial charge is 0.262 e. The van der Waals surface area contributed by atoms with Crippen LogP contribution in [0.15, 0.2) is 69.5 Å². The number of carbonyl (C=O) groups excluding carboxylic acids is 1. The molecule has 0 bridgehead atoms. The predicted octanol–water partition coefficient (Wildman–Crippen LogP) is 5.17. The number of nitrogens with one attached hydrogen (secondary N) is 1. The molecule has 2 heterocycles. The minimum Gasteiger partial charge on any atom is -0.438 e. The van der Waals surface area contributed by atoms with Crippen molar-refractivity contribution in [3.63, 3.8) is 0 Å². The van der Waals surface area contributed by atoms with Crippen LogP contribution in [0, 0.1) is 5.82 Å². The molecule has 1 N–H and O–H groups in total.